The monoisotopic (exact) mass is 217 g/mol. The quantitative estimate of drug-likeness (QED) is 0.845. The third-order valence-electron chi connectivity index (χ3n) is 2.13. The second-order valence-corrected chi connectivity index (χ2v) is 3.55. The summed E-state index contributed by atoms with van der Waals surface area (Å²) in [6.07, 6.45) is 0. The topological polar surface area (TPSA) is 35.2 Å². The molecule has 0 heterocycles. The minimum Gasteiger partial charge on any atom is -0.495 e. The van der Waals surface area contributed by atoms with Crippen molar-refractivity contribution < 1.29 is 9.13 Å². The highest BCUT2D eigenvalue weighted by Gasteiger charge is 2.14. The van der Waals surface area contributed by atoms with Gasteiger partial charge in [0.1, 0.15) is 11.6 Å². The maximum absolute atomic E-state index is 13.1. The van der Waals surface area contributed by atoms with E-state index in [0.29, 0.717) is 17.9 Å². The van der Waals surface area contributed by atoms with Gasteiger partial charge in [0.2, 0.25) is 0 Å². The van der Waals surface area contributed by atoms with E-state index in [2.05, 4.69) is 0 Å². The van der Waals surface area contributed by atoms with Gasteiger partial charge in [0.25, 0.3) is 0 Å². The van der Waals surface area contributed by atoms with Crippen LogP contribution in [0.25, 0.3) is 0 Å². The molecule has 14 heavy (non-hydrogen) atoms. The van der Waals surface area contributed by atoms with Gasteiger partial charge in [-0.2, -0.15) is 0 Å². The van der Waals surface area contributed by atoms with Gasteiger partial charge >= 0.3 is 0 Å². The lowest BCUT2D eigenvalue weighted by molar-refractivity contribution is 0.405. The van der Waals surface area contributed by atoms with E-state index in [1.165, 1.54) is 19.2 Å². The molecule has 1 aromatic rings. The Kier molecular flexibility index (Phi) is 3.72. The smallest absolute Gasteiger partial charge is 0.141 e. The molecule has 0 aliphatic rings. The SMILES string of the molecule is COc1c(Cl)cc(F)cc1C(C)CN. The fourth-order valence-electron chi connectivity index (χ4n) is 1.29. The Labute approximate surface area is 87.8 Å². The van der Waals surface area contributed by atoms with E-state index >= 15 is 0 Å². The van der Waals surface area contributed by atoms with E-state index in [1.54, 1.807) is 0 Å². The van der Waals surface area contributed by atoms with Crippen LogP contribution in [0.4, 0.5) is 4.39 Å². The standard InChI is InChI=1S/C10H13ClFNO/c1-6(5-13)8-3-7(12)4-9(11)10(8)14-2/h3-4,6H,5,13H2,1-2H3. The third-order valence-corrected chi connectivity index (χ3v) is 2.41. The molecule has 0 amide bonds. The van der Waals surface area contributed by atoms with Gasteiger partial charge in [-0.05, 0) is 24.6 Å². The van der Waals surface area contributed by atoms with Crippen LogP contribution in [0.3, 0.4) is 0 Å². The molecule has 0 saturated carbocycles. The average molecular weight is 218 g/mol. The molecule has 0 saturated heterocycles. The van der Waals surface area contributed by atoms with Gasteiger partial charge in [0, 0.05) is 5.56 Å². The lowest BCUT2D eigenvalue weighted by Gasteiger charge is -2.15. The molecule has 1 aromatic carbocycles. The van der Waals surface area contributed by atoms with Crippen LogP contribution >= 0.6 is 11.6 Å². The van der Waals surface area contributed by atoms with Crippen molar-refractivity contribution in [1.29, 1.82) is 0 Å². The van der Waals surface area contributed by atoms with Crippen molar-refractivity contribution >= 4 is 11.6 Å². The number of rotatable bonds is 3. The van der Waals surface area contributed by atoms with Gasteiger partial charge in [0.15, 0.2) is 0 Å². The molecule has 78 valence electrons. The van der Waals surface area contributed by atoms with Crippen molar-refractivity contribution in [2.45, 2.75) is 12.8 Å². The first-order chi connectivity index (χ1) is 6.60. The van der Waals surface area contributed by atoms with Crippen LogP contribution in [-0.4, -0.2) is 13.7 Å². The Hall–Kier alpha value is -0.800. The molecule has 1 atom stereocenters. The van der Waals surface area contributed by atoms with Crippen LogP contribution in [0.1, 0.15) is 18.4 Å². The van der Waals surface area contributed by atoms with Crippen molar-refractivity contribution in [2.75, 3.05) is 13.7 Å². The number of benzene rings is 1. The highest BCUT2D eigenvalue weighted by molar-refractivity contribution is 6.32. The number of halogens is 2. The summed E-state index contributed by atoms with van der Waals surface area (Å²) in [6, 6.07) is 2.63. The van der Waals surface area contributed by atoms with Gasteiger partial charge in [-0.25, -0.2) is 4.39 Å². The molecular formula is C10H13ClFNO. The van der Waals surface area contributed by atoms with E-state index in [1.807, 2.05) is 6.92 Å². The van der Waals surface area contributed by atoms with Crippen molar-refractivity contribution in [2.24, 2.45) is 5.73 Å². The molecular weight excluding hydrogens is 205 g/mol. The fourth-order valence-corrected chi connectivity index (χ4v) is 1.58. The van der Waals surface area contributed by atoms with Crippen LogP contribution in [-0.2, 0) is 0 Å². The molecule has 4 heteroatoms. The predicted octanol–water partition coefficient (Wildman–Crippen LogP) is 2.55. The van der Waals surface area contributed by atoms with Gasteiger partial charge < -0.3 is 10.5 Å². The molecule has 2 N–H and O–H groups in total. The number of hydrogen-bond acceptors (Lipinski definition) is 2. The third kappa shape index (κ3) is 2.16. The van der Waals surface area contributed by atoms with E-state index in [4.69, 9.17) is 22.1 Å². The highest BCUT2D eigenvalue weighted by atomic mass is 35.5. The molecule has 0 aliphatic heterocycles. The Morgan fingerprint density at radius 1 is 1.57 bits per heavy atom. The van der Waals surface area contributed by atoms with Crippen LogP contribution in [0, 0.1) is 5.82 Å². The summed E-state index contributed by atoms with van der Waals surface area (Å²) in [5, 5.41) is 0.280. The first kappa shape index (κ1) is 11.3. The van der Waals surface area contributed by atoms with Crippen molar-refractivity contribution in [3.63, 3.8) is 0 Å². The Morgan fingerprint density at radius 2 is 2.21 bits per heavy atom. The molecule has 2 nitrogen and oxygen atoms in total. The summed E-state index contributed by atoms with van der Waals surface area (Å²) in [4.78, 5) is 0. The summed E-state index contributed by atoms with van der Waals surface area (Å²) >= 11 is 5.83. The molecule has 0 fully saturated rings. The van der Waals surface area contributed by atoms with Crippen LogP contribution in [0.15, 0.2) is 12.1 Å². The van der Waals surface area contributed by atoms with E-state index in [0.717, 1.165) is 0 Å². The normalized spacial score (nSPS) is 12.6. The molecule has 0 spiro atoms. The van der Waals surface area contributed by atoms with Gasteiger partial charge in [-0.15, -0.1) is 0 Å². The molecule has 0 aromatic heterocycles. The van der Waals surface area contributed by atoms with Gasteiger partial charge in [-0.3, -0.25) is 0 Å². The minimum absolute atomic E-state index is 0.0261. The summed E-state index contributed by atoms with van der Waals surface area (Å²) < 4.78 is 18.2. The van der Waals surface area contributed by atoms with Crippen molar-refractivity contribution in [3.8, 4) is 5.75 Å². The number of nitrogens with two attached hydrogens (primary N) is 1. The summed E-state index contributed by atoms with van der Waals surface area (Å²) in [5.41, 5.74) is 6.22. The summed E-state index contributed by atoms with van der Waals surface area (Å²) in [7, 11) is 1.51. The first-order valence-corrected chi connectivity index (χ1v) is 4.71. The molecule has 1 rings (SSSR count). The zero-order valence-corrected chi connectivity index (χ0v) is 8.94. The zero-order chi connectivity index (χ0) is 10.7. The highest BCUT2D eigenvalue weighted by Crippen LogP contribution is 2.34. The molecule has 0 aliphatic carbocycles. The Balaban J connectivity index is 3.24. The minimum atomic E-state index is -0.369. The predicted molar refractivity (Wildman–Crippen MR) is 55.4 cm³/mol. The van der Waals surface area contributed by atoms with Crippen LogP contribution in [0.2, 0.25) is 5.02 Å². The maximum Gasteiger partial charge on any atom is 0.141 e. The molecule has 0 bridgehead atoms. The summed E-state index contributed by atoms with van der Waals surface area (Å²) in [6.45, 7) is 2.32. The van der Waals surface area contributed by atoms with Gasteiger partial charge in [-0.1, -0.05) is 18.5 Å². The van der Waals surface area contributed by atoms with Crippen LogP contribution < -0.4 is 10.5 Å². The van der Waals surface area contributed by atoms with Gasteiger partial charge in [0.05, 0.1) is 12.1 Å². The molecule has 1 unspecified atom stereocenters. The van der Waals surface area contributed by atoms with E-state index < -0.39 is 0 Å². The largest absolute Gasteiger partial charge is 0.495 e. The summed E-state index contributed by atoms with van der Waals surface area (Å²) in [5.74, 6) is 0.162. The molecule has 0 radical (unpaired) electrons. The number of methoxy groups -OCH3 is 1. The van der Waals surface area contributed by atoms with Crippen molar-refractivity contribution in [3.05, 3.63) is 28.5 Å². The van der Waals surface area contributed by atoms with Crippen molar-refractivity contribution in [1.82, 2.24) is 0 Å². The second-order valence-electron chi connectivity index (χ2n) is 3.15. The Bertz CT molecular complexity index is 330. The average Bonchev–Trinajstić information content (AvgIpc) is 2.15. The van der Waals surface area contributed by atoms with Crippen LogP contribution in [0.5, 0.6) is 5.75 Å². The fraction of sp³-hybridized carbons (Fsp3) is 0.400. The number of ether oxygens (including phenoxy) is 1. The maximum atomic E-state index is 13.1. The van der Waals surface area contributed by atoms with E-state index in [-0.39, 0.29) is 16.8 Å². The van der Waals surface area contributed by atoms with E-state index in [9.17, 15) is 4.39 Å². The zero-order valence-electron chi connectivity index (χ0n) is 8.18. The lowest BCUT2D eigenvalue weighted by Crippen LogP contribution is -2.10. The second kappa shape index (κ2) is 4.62. The first-order valence-electron chi connectivity index (χ1n) is 4.33. The Morgan fingerprint density at radius 3 is 2.71 bits per heavy atom. The number of hydrogen-bond donors (Lipinski definition) is 1. The lowest BCUT2D eigenvalue weighted by atomic mass is 10.0.